The molecule has 0 saturated heterocycles. The highest BCUT2D eigenvalue weighted by Crippen LogP contribution is 2.33. The van der Waals surface area contributed by atoms with E-state index in [0.717, 1.165) is 27.7 Å². The summed E-state index contributed by atoms with van der Waals surface area (Å²) in [4.78, 5) is 5.22. The summed E-state index contributed by atoms with van der Waals surface area (Å²) in [6.45, 7) is 1.99. The molecule has 0 radical (unpaired) electrons. The van der Waals surface area contributed by atoms with Crippen molar-refractivity contribution in [2.45, 2.75) is 23.5 Å². The highest BCUT2D eigenvalue weighted by atomic mass is 35.5. The lowest BCUT2D eigenvalue weighted by Gasteiger charge is -2.09. The van der Waals surface area contributed by atoms with Gasteiger partial charge in [0.15, 0.2) is 0 Å². The lowest BCUT2D eigenvalue weighted by Crippen LogP contribution is -1.94. The van der Waals surface area contributed by atoms with Crippen LogP contribution >= 0.6 is 35.0 Å². The van der Waals surface area contributed by atoms with Crippen LogP contribution in [0.2, 0.25) is 5.02 Å². The highest BCUT2D eigenvalue weighted by molar-refractivity contribution is 7.98. The van der Waals surface area contributed by atoms with Crippen LogP contribution < -0.4 is 0 Å². The van der Waals surface area contributed by atoms with Gasteiger partial charge in [0.25, 0.3) is 0 Å². The number of rotatable bonds is 4. The minimum atomic E-state index is 0.400. The van der Waals surface area contributed by atoms with Crippen LogP contribution in [0, 0.1) is 6.92 Å². The van der Waals surface area contributed by atoms with E-state index in [-0.39, 0.29) is 0 Å². The van der Waals surface area contributed by atoms with Gasteiger partial charge in [-0.25, -0.2) is 0 Å². The smallest absolute Gasteiger partial charge is 0.113 e. The third-order valence-corrected chi connectivity index (χ3v) is 4.28. The first-order chi connectivity index (χ1) is 8.22. The molecule has 5 heteroatoms. The van der Waals surface area contributed by atoms with E-state index in [1.54, 1.807) is 24.2 Å². The van der Waals surface area contributed by atoms with Crippen LogP contribution in [-0.4, -0.2) is 4.98 Å². The van der Waals surface area contributed by atoms with Crippen molar-refractivity contribution < 1.29 is 4.42 Å². The molecule has 2 rings (SSSR count). The van der Waals surface area contributed by atoms with Gasteiger partial charge in [-0.3, -0.25) is 4.98 Å². The minimum Gasteiger partial charge on any atom is -0.468 e. The summed E-state index contributed by atoms with van der Waals surface area (Å²) in [5.41, 5.74) is 1.92. The maximum Gasteiger partial charge on any atom is 0.113 e. The Bertz CT molecular complexity index is 499. The van der Waals surface area contributed by atoms with Crippen LogP contribution in [0.4, 0.5) is 0 Å². The Morgan fingerprint density at radius 3 is 2.94 bits per heavy atom. The average Bonchev–Trinajstić information content (AvgIpc) is 2.82. The fraction of sp³-hybridized carbons (Fsp3) is 0.250. The van der Waals surface area contributed by atoms with E-state index in [4.69, 9.17) is 27.6 Å². The summed E-state index contributed by atoms with van der Waals surface area (Å²) in [5, 5.41) is 0.660. The predicted molar refractivity (Wildman–Crippen MR) is 71.8 cm³/mol. The molecule has 0 aliphatic heterocycles. The zero-order valence-corrected chi connectivity index (χ0v) is 11.6. The van der Waals surface area contributed by atoms with Crippen molar-refractivity contribution in [3.05, 3.63) is 46.6 Å². The molecule has 2 aromatic rings. The van der Waals surface area contributed by atoms with Gasteiger partial charge in [-0.15, -0.1) is 23.4 Å². The summed E-state index contributed by atoms with van der Waals surface area (Å²) < 4.78 is 5.29. The molecule has 90 valence electrons. The van der Waals surface area contributed by atoms with Gasteiger partial charge in [0, 0.05) is 11.1 Å². The number of hydrogen-bond donors (Lipinski definition) is 0. The largest absolute Gasteiger partial charge is 0.468 e. The number of halogens is 2. The van der Waals surface area contributed by atoms with Crippen molar-refractivity contribution in [1.82, 2.24) is 4.98 Å². The number of thioether (sulfide) groups is 1. The van der Waals surface area contributed by atoms with Crippen LogP contribution in [-0.2, 0) is 11.6 Å². The number of nitrogens with zero attached hydrogens (tertiary/aromatic N) is 1. The Balaban J connectivity index is 2.20. The van der Waals surface area contributed by atoms with Crippen molar-refractivity contribution >= 4 is 35.0 Å². The highest BCUT2D eigenvalue weighted by Gasteiger charge is 2.11. The molecular formula is C12H11Cl2NOS. The van der Waals surface area contributed by atoms with E-state index in [1.807, 2.05) is 19.1 Å². The van der Waals surface area contributed by atoms with E-state index < -0.39 is 0 Å². The molecule has 2 aromatic heterocycles. The standard InChI is InChI=1S/C12H11Cl2NOS/c1-8-11(5-13)15-6-10(14)12(8)17-7-9-3-2-4-16-9/h2-4,6H,5,7H2,1H3. The lowest BCUT2D eigenvalue weighted by atomic mass is 10.2. The van der Waals surface area contributed by atoms with Gasteiger partial charge in [-0.2, -0.15) is 0 Å². The van der Waals surface area contributed by atoms with Gasteiger partial charge in [-0.05, 0) is 24.6 Å². The Labute approximate surface area is 114 Å². The van der Waals surface area contributed by atoms with Gasteiger partial charge in [-0.1, -0.05) is 11.6 Å². The Kier molecular flexibility index (Phi) is 4.37. The zero-order valence-electron chi connectivity index (χ0n) is 9.24. The fourth-order valence-electron chi connectivity index (χ4n) is 1.45. The molecule has 0 aromatic carbocycles. The maximum atomic E-state index is 6.14. The maximum absolute atomic E-state index is 6.14. The molecule has 2 nitrogen and oxygen atoms in total. The molecule has 0 saturated carbocycles. The zero-order chi connectivity index (χ0) is 12.3. The lowest BCUT2D eigenvalue weighted by molar-refractivity contribution is 0.530. The predicted octanol–water partition coefficient (Wildman–Crippen LogP) is 4.67. The summed E-state index contributed by atoms with van der Waals surface area (Å²) >= 11 is 13.6. The second kappa shape index (κ2) is 5.80. The molecule has 0 amide bonds. The van der Waals surface area contributed by atoms with Crippen LogP contribution in [0.25, 0.3) is 0 Å². The van der Waals surface area contributed by atoms with Crippen LogP contribution in [0.3, 0.4) is 0 Å². The Morgan fingerprint density at radius 1 is 1.47 bits per heavy atom. The molecule has 0 unspecified atom stereocenters. The second-order valence-electron chi connectivity index (χ2n) is 3.51. The van der Waals surface area contributed by atoms with Gasteiger partial charge < -0.3 is 4.42 Å². The number of furan rings is 1. The Morgan fingerprint density at radius 2 is 2.29 bits per heavy atom. The van der Waals surface area contributed by atoms with E-state index in [0.29, 0.717) is 10.9 Å². The normalized spacial score (nSPS) is 10.8. The quantitative estimate of drug-likeness (QED) is 0.604. The van der Waals surface area contributed by atoms with Crippen molar-refractivity contribution in [1.29, 1.82) is 0 Å². The van der Waals surface area contributed by atoms with Gasteiger partial charge in [0.1, 0.15) is 5.76 Å². The molecule has 0 spiro atoms. The van der Waals surface area contributed by atoms with E-state index >= 15 is 0 Å². The van der Waals surface area contributed by atoms with Crippen LogP contribution in [0.5, 0.6) is 0 Å². The Hall–Kier alpha value is -0.640. The summed E-state index contributed by atoms with van der Waals surface area (Å²) in [6.07, 6.45) is 3.32. The van der Waals surface area contributed by atoms with Crippen molar-refractivity contribution in [2.75, 3.05) is 0 Å². The summed E-state index contributed by atoms with van der Waals surface area (Å²) in [7, 11) is 0. The summed E-state index contributed by atoms with van der Waals surface area (Å²) in [6, 6.07) is 3.82. The topological polar surface area (TPSA) is 26.0 Å². The van der Waals surface area contributed by atoms with E-state index in [2.05, 4.69) is 4.98 Å². The number of alkyl halides is 1. The van der Waals surface area contributed by atoms with Crippen molar-refractivity contribution in [3.63, 3.8) is 0 Å². The van der Waals surface area contributed by atoms with Gasteiger partial charge >= 0.3 is 0 Å². The minimum absolute atomic E-state index is 0.400. The molecule has 0 fully saturated rings. The number of pyridine rings is 1. The average molecular weight is 288 g/mol. The third-order valence-electron chi connectivity index (χ3n) is 2.39. The monoisotopic (exact) mass is 287 g/mol. The van der Waals surface area contributed by atoms with Gasteiger partial charge in [0.2, 0.25) is 0 Å². The number of aromatic nitrogens is 1. The first kappa shape index (κ1) is 12.8. The summed E-state index contributed by atoms with van der Waals surface area (Å²) in [5.74, 6) is 2.08. The van der Waals surface area contributed by atoms with E-state index in [9.17, 15) is 0 Å². The SMILES string of the molecule is Cc1c(CCl)ncc(Cl)c1SCc1ccco1. The van der Waals surface area contributed by atoms with Crippen LogP contribution in [0.1, 0.15) is 17.0 Å². The van der Waals surface area contributed by atoms with Crippen molar-refractivity contribution in [2.24, 2.45) is 0 Å². The molecule has 0 aliphatic carbocycles. The van der Waals surface area contributed by atoms with Gasteiger partial charge in [0.05, 0.1) is 28.6 Å². The molecule has 0 N–H and O–H groups in total. The first-order valence-corrected chi connectivity index (χ1v) is 6.97. The fourth-order valence-corrected chi connectivity index (χ4v) is 3.05. The van der Waals surface area contributed by atoms with Crippen LogP contribution in [0.15, 0.2) is 33.9 Å². The molecule has 2 heterocycles. The molecule has 0 atom stereocenters. The third kappa shape index (κ3) is 2.97. The molecule has 0 bridgehead atoms. The van der Waals surface area contributed by atoms with E-state index in [1.165, 1.54) is 0 Å². The molecular weight excluding hydrogens is 277 g/mol. The molecule has 17 heavy (non-hydrogen) atoms. The first-order valence-electron chi connectivity index (χ1n) is 5.07. The number of hydrogen-bond acceptors (Lipinski definition) is 3. The van der Waals surface area contributed by atoms with Crippen molar-refractivity contribution in [3.8, 4) is 0 Å². The molecule has 0 aliphatic rings. The second-order valence-corrected chi connectivity index (χ2v) is 5.17.